The summed E-state index contributed by atoms with van der Waals surface area (Å²) in [7, 11) is 0. The van der Waals surface area contributed by atoms with Crippen LogP contribution in [0.4, 0.5) is 0 Å². The third-order valence-corrected chi connectivity index (χ3v) is 11.1. The van der Waals surface area contributed by atoms with E-state index in [9.17, 15) is 15.0 Å². The maximum atomic E-state index is 12.5. The van der Waals surface area contributed by atoms with E-state index in [0.29, 0.717) is 23.7 Å². The first kappa shape index (κ1) is 26.8. The predicted octanol–water partition coefficient (Wildman–Crippen LogP) is 7.87. The smallest absolute Gasteiger partial charge is 0.310 e. The second-order valence-electron chi connectivity index (χ2n) is 13.3. The van der Waals surface area contributed by atoms with E-state index in [1.807, 2.05) is 0 Å². The molecule has 0 aromatic heterocycles. The van der Waals surface area contributed by atoms with Gasteiger partial charge in [0.25, 0.3) is 0 Å². The summed E-state index contributed by atoms with van der Waals surface area (Å²) in [5.41, 5.74) is 1.20. The van der Waals surface area contributed by atoms with E-state index < -0.39 is 11.4 Å². The number of carboxylic acid groups (broad SMARTS) is 1. The lowest BCUT2D eigenvalue weighted by atomic mass is 9.51. The van der Waals surface area contributed by atoms with Gasteiger partial charge in [-0.25, -0.2) is 0 Å². The van der Waals surface area contributed by atoms with E-state index in [4.69, 9.17) is 0 Å². The summed E-state index contributed by atoms with van der Waals surface area (Å²) in [4.78, 5) is 12.5. The molecule has 0 saturated heterocycles. The topological polar surface area (TPSA) is 57.5 Å². The Bertz CT molecular complexity index is 724. The first-order valence-corrected chi connectivity index (χ1v) is 14.0. The second-order valence-corrected chi connectivity index (χ2v) is 13.3. The molecule has 3 aliphatic carbocycles. The average Bonchev–Trinajstić information content (AvgIpc) is 2.88. The highest BCUT2D eigenvalue weighted by molar-refractivity contribution is 5.76. The van der Waals surface area contributed by atoms with Gasteiger partial charge in [-0.2, -0.15) is 0 Å². The van der Waals surface area contributed by atoms with Crippen LogP contribution in [0.15, 0.2) is 11.6 Å². The minimum absolute atomic E-state index is 0.0623. The van der Waals surface area contributed by atoms with Crippen molar-refractivity contribution in [3.05, 3.63) is 11.6 Å². The SMILES string of the molecule is CCCC(O)C(C)(C)C(C)CCC1(C)CC2CCC3(C(=O)O)CCCC(C)C3C2=CCC1C. The van der Waals surface area contributed by atoms with Gasteiger partial charge in [-0.15, -0.1) is 0 Å². The Morgan fingerprint density at radius 1 is 1.21 bits per heavy atom. The Morgan fingerprint density at radius 3 is 2.55 bits per heavy atom. The lowest BCUT2D eigenvalue weighted by Gasteiger charge is -2.52. The van der Waals surface area contributed by atoms with Gasteiger partial charge in [-0.3, -0.25) is 4.79 Å². The highest BCUT2D eigenvalue weighted by Crippen LogP contribution is 2.60. The number of carbonyl (C=O) groups is 1. The van der Waals surface area contributed by atoms with E-state index in [2.05, 4.69) is 54.5 Å². The molecule has 0 aliphatic heterocycles. The Labute approximate surface area is 203 Å². The maximum Gasteiger partial charge on any atom is 0.310 e. The monoisotopic (exact) mass is 460 g/mol. The van der Waals surface area contributed by atoms with Crippen LogP contribution in [0.25, 0.3) is 0 Å². The highest BCUT2D eigenvalue weighted by atomic mass is 16.4. The quantitative estimate of drug-likeness (QED) is 0.362. The van der Waals surface area contributed by atoms with Gasteiger partial charge in [0.15, 0.2) is 0 Å². The van der Waals surface area contributed by atoms with Crippen molar-refractivity contribution in [3.8, 4) is 0 Å². The first-order valence-electron chi connectivity index (χ1n) is 14.0. The largest absolute Gasteiger partial charge is 0.481 e. The van der Waals surface area contributed by atoms with Crippen molar-refractivity contribution in [2.75, 3.05) is 0 Å². The number of hydrogen-bond acceptors (Lipinski definition) is 2. The van der Waals surface area contributed by atoms with E-state index in [1.165, 1.54) is 24.8 Å². The van der Waals surface area contributed by atoms with E-state index in [1.54, 1.807) is 0 Å². The summed E-state index contributed by atoms with van der Waals surface area (Å²) >= 11 is 0. The molecule has 2 saturated carbocycles. The Balaban J connectivity index is 1.77. The number of aliphatic hydroxyl groups excluding tert-OH is 1. The van der Waals surface area contributed by atoms with Gasteiger partial charge in [-0.05, 0) is 91.8 Å². The number of allylic oxidation sites excluding steroid dienone is 2. The molecule has 0 amide bonds. The van der Waals surface area contributed by atoms with Crippen LogP contribution in [0.3, 0.4) is 0 Å². The van der Waals surface area contributed by atoms with Crippen LogP contribution in [0, 0.1) is 45.8 Å². The number of rotatable bonds is 8. The van der Waals surface area contributed by atoms with Crippen LogP contribution in [-0.2, 0) is 4.79 Å². The minimum atomic E-state index is -0.542. The summed E-state index contributed by atoms with van der Waals surface area (Å²) in [6, 6.07) is 0. The van der Waals surface area contributed by atoms with Crippen molar-refractivity contribution in [2.24, 2.45) is 45.8 Å². The standard InChI is InChI=1S/C30H52O3/c1-8-10-25(31)28(5,6)21(3)14-17-29(7)19-23-15-18-30(27(32)33)16-9-11-20(2)26(30)24(23)13-12-22(29)4/h13,20-23,25-26,31H,8-12,14-19H2,1-7H3,(H,32,33). The molecule has 0 spiro atoms. The molecule has 3 aliphatic rings. The molecular formula is C30H52O3. The van der Waals surface area contributed by atoms with E-state index >= 15 is 0 Å². The molecule has 190 valence electrons. The Kier molecular flexibility index (Phi) is 8.14. The minimum Gasteiger partial charge on any atom is -0.481 e. The van der Waals surface area contributed by atoms with Gasteiger partial charge in [-0.1, -0.05) is 79.4 Å². The Morgan fingerprint density at radius 2 is 1.91 bits per heavy atom. The molecule has 0 aromatic carbocycles. The van der Waals surface area contributed by atoms with Crippen molar-refractivity contribution in [1.82, 2.24) is 0 Å². The molecule has 3 rings (SSSR count). The van der Waals surface area contributed by atoms with Gasteiger partial charge in [0, 0.05) is 0 Å². The molecule has 8 atom stereocenters. The molecule has 2 N–H and O–H groups in total. The third kappa shape index (κ3) is 4.95. The zero-order valence-electron chi connectivity index (χ0n) is 22.6. The maximum absolute atomic E-state index is 12.5. The van der Waals surface area contributed by atoms with Crippen molar-refractivity contribution in [3.63, 3.8) is 0 Å². The fraction of sp³-hybridized carbons (Fsp3) is 0.900. The van der Waals surface area contributed by atoms with Crippen LogP contribution in [-0.4, -0.2) is 22.3 Å². The van der Waals surface area contributed by atoms with Crippen molar-refractivity contribution in [2.45, 2.75) is 125 Å². The number of carboxylic acids is 1. The van der Waals surface area contributed by atoms with Gasteiger partial charge in [0.2, 0.25) is 0 Å². The molecule has 0 aromatic rings. The summed E-state index contributed by atoms with van der Waals surface area (Å²) < 4.78 is 0. The van der Waals surface area contributed by atoms with E-state index in [-0.39, 0.29) is 22.9 Å². The van der Waals surface area contributed by atoms with Crippen molar-refractivity contribution >= 4 is 5.97 Å². The Hall–Kier alpha value is -0.830. The predicted molar refractivity (Wildman–Crippen MR) is 137 cm³/mol. The van der Waals surface area contributed by atoms with Gasteiger partial charge >= 0.3 is 5.97 Å². The molecule has 33 heavy (non-hydrogen) atoms. The second kappa shape index (κ2) is 10.0. The van der Waals surface area contributed by atoms with Crippen LogP contribution in [0.2, 0.25) is 0 Å². The van der Waals surface area contributed by atoms with Crippen molar-refractivity contribution < 1.29 is 15.0 Å². The van der Waals surface area contributed by atoms with Gasteiger partial charge < -0.3 is 10.2 Å². The number of aliphatic carboxylic acids is 1. The van der Waals surface area contributed by atoms with Crippen LogP contribution < -0.4 is 0 Å². The lowest BCUT2D eigenvalue weighted by Crippen LogP contribution is -2.49. The van der Waals surface area contributed by atoms with Gasteiger partial charge in [0.05, 0.1) is 11.5 Å². The number of fused-ring (bicyclic) bond motifs is 3. The molecule has 0 radical (unpaired) electrons. The summed E-state index contributed by atoms with van der Waals surface area (Å²) in [5.74, 6) is 1.79. The molecule has 3 nitrogen and oxygen atoms in total. The normalized spacial score (nSPS) is 39.0. The van der Waals surface area contributed by atoms with Gasteiger partial charge in [0.1, 0.15) is 0 Å². The molecule has 0 bridgehead atoms. The highest BCUT2D eigenvalue weighted by Gasteiger charge is 2.56. The van der Waals surface area contributed by atoms with Crippen LogP contribution in [0.1, 0.15) is 119 Å². The van der Waals surface area contributed by atoms with E-state index in [0.717, 1.165) is 51.4 Å². The number of aliphatic hydroxyl groups is 1. The first-order chi connectivity index (χ1) is 15.4. The third-order valence-electron chi connectivity index (χ3n) is 11.1. The molecule has 0 heterocycles. The summed E-state index contributed by atoms with van der Waals surface area (Å²) in [5, 5.41) is 21.1. The number of hydrogen-bond donors (Lipinski definition) is 2. The zero-order valence-corrected chi connectivity index (χ0v) is 22.6. The van der Waals surface area contributed by atoms with Crippen LogP contribution >= 0.6 is 0 Å². The van der Waals surface area contributed by atoms with Crippen molar-refractivity contribution in [1.29, 1.82) is 0 Å². The molecule has 3 heteroatoms. The molecular weight excluding hydrogens is 408 g/mol. The average molecular weight is 461 g/mol. The summed E-state index contributed by atoms with van der Waals surface area (Å²) in [6.07, 6.45) is 13.8. The molecule has 8 unspecified atom stereocenters. The zero-order chi connectivity index (χ0) is 24.6. The van der Waals surface area contributed by atoms with Crippen LogP contribution in [0.5, 0.6) is 0 Å². The molecule has 2 fully saturated rings. The lowest BCUT2D eigenvalue weighted by molar-refractivity contribution is -0.159. The fourth-order valence-corrected chi connectivity index (χ4v) is 7.85. The fourth-order valence-electron chi connectivity index (χ4n) is 7.85. The summed E-state index contributed by atoms with van der Waals surface area (Å²) in [6.45, 7) is 16.2.